The Morgan fingerprint density at radius 2 is 1.88 bits per heavy atom. The average Bonchev–Trinajstić information content (AvgIpc) is 2.58. The van der Waals surface area contributed by atoms with Gasteiger partial charge in [0.1, 0.15) is 6.61 Å². The smallest absolute Gasteiger partial charge is 0.408 e. The third-order valence-electron chi connectivity index (χ3n) is 3.14. The standard InChI is InChI=1S/C16H14N2O6/c19-15(20)14(12-7-4-8-13(9-12)18(22)23)17-16(21)24-10-11-5-2-1-3-6-11/h1-9,14H,10H2,(H,17,21)(H,19,20)/t14-/m1/s1. The highest BCUT2D eigenvalue weighted by atomic mass is 16.6. The molecule has 0 aromatic heterocycles. The van der Waals surface area contributed by atoms with Gasteiger partial charge in [-0.15, -0.1) is 0 Å². The summed E-state index contributed by atoms with van der Waals surface area (Å²) in [6.45, 7) is -0.0199. The number of non-ortho nitro benzene ring substituents is 1. The number of nitro groups is 1. The summed E-state index contributed by atoms with van der Waals surface area (Å²) in [5, 5.41) is 22.2. The quantitative estimate of drug-likeness (QED) is 0.621. The van der Waals surface area contributed by atoms with Crippen molar-refractivity contribution < 1.29 is 24.4 Å². The molecule has 0 unspecified atom stereocenters. The van der Waals surface area contributed by atoms with E-state index in [1.165, 1.54) is 18.2 Å². The summed E-state index contributed by atoms with van der Waals surface area (Å²) in [7, 11) is 0. The number of carboxylic acid groups (broad SMARTS) is 1. The maximum absolute atomic E-state index is 11.8. The van der Waals surface area contributed by atoms with Gasteiger partial charge in [0, 0.05) is 12.1 Å². The SMILES string of the molecule is O=C(N[C@@H](C(=O)O)c1cccc([N+](=O)[O-])c1)OCc1ccccc1. The molecule has 0 fully saturated rings. The highest BCUT2D eigenvalue weighted by Gasteiger charge is 2.24. The normalized spacial score (nSPS) is 11.3. The number of ether oxygens (including phenoxy) is 1. The summed E-state index contributed by atoms with van der Waals surface area (Å²) >= 11 is 0. The zero-order valence-corrected chi connectivity index (χ0v) is 12.4. The molecule has 8 heteroatoms. The first-order valence-electron chi connectivity index (χ1n) is 6.92. The van der Waals surface area contributed by atoms with Crippen molar-refractivity contribution in [3.8, 4) is 0 Å². The van der Waals surface area contributed by atoms with Crippen molar-refractivity contribution in [3.63, 3.8) is 0 Å². The number of nitrogens with one attached hydrogen (secondary N) is 1. The predicted molar refractivity (Wildman–Crippen MR) is 83.2 cm³/mol. The van der Waals surface area contributed by atoms with Crippen LogP contribution >= 0.6 is 0 Å². The number of hydrogen-bond acceptors (Lipinski definition) is 5. The number of carboxylic acids is 1. The predicted octanol–water partition coefficient (Wildman–Crippen LogP) is 2.65. The summed E-state index contributed by atoms with van der Waals surface area (Å²) < 4.78 is 4.96. The first kappa shape index (κ1) is 16.9. The Morgan fingerprint density at radius 1 is 1.17 bits per heavy atom. The van der Waals surface area contributed by atoms with Gasteiger partial charge < -0.3 is 15.2 Å². The molecule has 2 rings (SSSR count). The molecule has 0 aliphatic heterocycles. The van der Waals surface area contributed by atoms with Crippen LogP contribution in [0, 0.1) is 10.1 Å². The monoisotopic (exact) mass is 330 g/mol. The summed E-state index contributed by atoms with van der Waals surface area (Å²) in [5.41, 5.74) is 0.557. The van der Waals surface area contributed by atoms with E-state index >= 15 is 0 Å². The molecule has 124 valence electrons. The lowest BCUT2D eigenvalue weighted by atomic mass is 10.1. The zero-order valence-electron chi connectivity index (χ0n) is 12.4. The van der Waals surface area contributed by atoms with Crippen LogP contribution in [0.15, 0.2) is 54.6 Å². The molecule has 8 nitrogen and oxygen atoms in total. The Kier molecular flexibility index (Phi) is 5.45. The van der Waals surface area contributed by atoms with E-state index in [0.29, 0.717) is 0 Å². The fourth-order valence-electron chi connectivity index (χ4n) is 1.99. The molecule has 24 heavy (non-hydrogen) atoms. The summed E-state index contributed by atoms with van der Waals surface area (Å²) in [6, 6.07) is 12.5. The van der Waals surface area contributed by atoms with Crippen molar-refractivity contribution in [1.82, 2.24) is 5.32 Å². The van der Waals surface area contributed by atoms with Crippen molar-refractivity contribution >= 4 is 17.7 Å². The van der Waals surface area contributed by atoms with Crippen LogP contribution in [0.5, 0.6) is 0 Å². The van der Waals surface area contributed by atoms with Crippen LogP contribution in [0.1, 0.15) is 17.2 Å². The minimum atomic E-state index is -1.45. The van der Waals surface area contributed by atoms with Crippen LogP contribution in [0.4, 0.5) is 10.5 Å². The molecule has 1 atom stereocenters. The zero-order chi connectivity index (χ0) is 17.5. The van der Waals surface area contributed by atoms with Crippen LogP contribution in [-0.4, -0.2) is 22.1 Å². The van der Waals surface area contributed by atoms with E-state index < -0.39 is 23.0 Å². The fourth-order valence-corrected chi connectivity index (χ4v) is 1.99. The maximum Gasteiger partial charge on any atom is 0.408 e. The third-order valence-corrected chi connectivity index (χ3v) is 3.14. The van der Waals surface area contributed by atoms with Crippen molar-refractivity contribution in [3.05, 3.63) is 75.8 Å². The number of amides is 1. The minimum absolute atomic E-state index is 0.0199. The van der Waals surface area contributed by atoms with Crippen molar-refractivity contribution in [2.75, 3.05) is 0 Å². The number of carbonyl (C=O) groups excluding carboxylic acids is 1. The molecule has 0 bridgehead atoms. The number of benzene rings is 2. The van der Waals surface area contributed by atoms with Crippen LogP contribution < -0.4 is 5.32 Å². The van der Waals surface area contributed by atoms with E-state index in [0.717, 1.165) is 11.6 Å². The van der Waals surface area contributed by atoms with E-state index in [1.807, 2.05) is 6.07 Å². The average molecular weight is 330 g/mol. The number of nitrogens with zero attached hydrogens (tertiary/aromatic N) is 1. The molecule has 1 amide bonds. The third kappa shape index (κ3) is 4.54. The molecule has 2 N–H and O–H groups in total. The molecular formula is C16H14N2O6. The Bertz CT molecular complexity index is 747. The van der Waals surface area contributed by atoms with Crippen LogP contribution in [0.2, 0.25) is 0 Å². The van der Waals surface area contributed by atoms with Crippen LogP contribution in [-0.2, 0) is 16.1 Å². The Hall–Kier alpha value is -3.42. The van der Waals surface area contributed by atoms with E-state index in [2.05, 4.69) is 5.32 Å². The Morgan fingerprint density at radius 3 is 2.50 bits per heavy atom. The lowest BCUT2D eigenvalue weighted by molar-refractivity contribution is -0.384. The van der Waals surface area contributed by atoms with Crippen LogP contribution in [0.3, 0.4) is 0 Å². The van der Waals surface area contributed by atoms with Gasteiger partial charge in [0.25, 0.3) is 5.69 Å². The van der Waals surface area contributed by atoms with E-state index in [9.17, 15) is 24.8 Å². The molecule has 2 aromatic rings. The molecule has 0 saturated heterocycles. The molecular weight excluding hydrogens is 316 g/mol. The molecule has 0 aliphatic carbocycles. The molecule has 0 aliphatic rings. The van der Waals surface area contributed by atoms with Gasteiger partial charge in [-0.1, -0.05) is 42.5 Å². The van der Waals surface area contributed by atoms with E-state index in [1.54, 1.807) is 24.3 Å². The van der Waals surface area contributed by atoms with Gasteiger partial charge in [-0.25, -0.2) is 9.59 Å². The van der Waals surface area contributed by atoms with Crippen LogP contribution in [0.25, 0.3) is 0 Å². The first-order chi connectivity index (χ1) is 11.5. The molecule has 2 aromatic carbocycles. The van der Waals surface area contributed by atoms with E-state index in [-0.39, 0.29) is 17.9 Å². The van der Waals surface area contributed by atoms with Gasteiger partial charge in [0.05, 0.1) is 4.92 Å². The van der Waals surface area contributed by atoms with Gasteiger partial charge in [-0.3, -0.25) is 10.1 Å². The van der Waals surface area contributed by atoms with Crippen molar-refractivity contribution in [2.45, 2.75) is 12.6 Å². The minimum Gasteiger partial charge on any atom is -0.479 e. The molecule has 0 heterocycles. The van der Waals surface area contributed by atoms with Crippen molar-refractivity contribution in [2.24, 2.45) is 0 Å². The largest absolute Gasteiger partial charge is 0.479 e. The number of carbonyl (C=O) groups is 2. The lowest BCUT2D eigenvalue weighted by Gasteiger charge is -2.15. The summed E-state index contributed by atoms with van der Waals surface area (Å²) in [5.74, 6) is -1.35. The summed E-state index contributed by atoms with van der Waals surface area (Å²) in [4.78, 5) is 33.3. The van der Waals surface area contributed by atoms with Crippen molar-refractivity contribution in [1.29, 1.82) is 0 Å². The lowest BCUT2D eigenvalue weighted by Crippen LogP contribution is -2.34. The topological polar surface area (TPSA) is 119 Å². The highest BCUT2D eigenvalue weighted by molar-refractivity contribution is 5.81. The van der Waals surface area contributed by atoms with E-state index in [4.69, 9.17) is 4.74 Å². The Labute approximate surface area is 136 Å². The first-order valence-corrected chi connectivity index (χ1v) is 6.92. The fraction of sp³-hybridized carbons (Fsp3) is 0.125. The van der Waals surface area contributed by atoms with Gasteiger partial charge in [0.15, 0.2) is 6.04 Å². The van der Waals surface area contributed by atoms with Gasteiger partial charge >= 0.3 is 12.1 Å². The highest BCUT2D eigenvalue weighted by Crippen LogP contribution is 2.20. The number of nitro benzene ring substituents is 1. The second-order valence-electron chi connectivity index (χ2n) is 4.83. The Balaban J connectivity index is 2.05. The summed E-state index contributed by atoms with van der Waals surface area (Å²) in [6.07, 6.45) is -0.933. The van der Waals surface area contributed by atoms with Gasteiger partial charge in [-0.2, -0.15) is 0 Å². The molecule has 0 spiro atoms. The number of hydrogen-bond donors (Lipinski definition) is 2. The number of rotatable bonds is 6. The maximum atomic E-state index is 11.8. The number of aliphatic carboxylic acids is 1. The molecule has 0 saturated carbocycles. The second-order valence-corrected chi connectivity index (χ2v) is 4.83. The second kappa shape index (κ2) is 7.73. The van der Waals surface area contributed by atoms with Gasteiger partial charge in [-0.05, 0) is 11.1 Å². The molecule has 0 radical (unpaired) electrons. The number of alkyl carbamates (subject to hydrolysis) is 1. The van der Waals surface area contributed by atoms with Gasteiger partial charge in [0.2, 0.25) is 0 Å².